The van der Waals surface area contributed by atoms with Gasteiger partial charge in [0.05, 0.1) is 0 Å². The van der Waals surface area contributed by atoms with Crippen LogP contribution >= 0.6 is 11.6 Å². The molecule has 184 valence electrons. The van der Waals surface area contributed by atoms with Crippen LogP contribution in [0.4, 0.5) is 11.4 Å². The van der Waals surface area contributed by atoms with Gasteiger partial charge in [-0.3, -0.25) is 4.79 Å². The third-order valence-electron chi connectivity index (χ3n) is 8.38. The number of phenolic OH excluding ortho intramolecular Hbond substituents is 1. The second-order valence-electron chi connectivity index (χ2n) is 10.4. The monoisotopic (exact) mass is 492 g/mol. The van der Waals surface area contributed by atoms with Gasteiger partial charge >= 0.3 is 0 Å². The Bertz CT molecular complexity index is 1170. The summed E-state index contributed by atoms with van der Waals surface area (Å²) in [5, 5.41) is 10.8. The molecule has 6 nitrogen and oxygen atoms in total. The maximum absolute atomic E-state index is 12.9. The van der Waals surface area contributed by atoms with Gasteiger partial charge in [0.25, 0.3) is 5.91 Å². The lowest BCUT2D eigenvalue weighted by molar-refractivity contribution is -0.128. The van der Waals surface area contributed by atoms with Crippen LogP contribution in [0.5, 0.6) is 5.75 Å². The summed E-state index contributed by atoms with van der Waals surface area (Å²) in [6.45, 7) is 4.75. The van der Waals surface area contributed by atoms with E-state index in [4.69, 9.17) is 11.6 Å². The Morgan fingerprint density at radius 2 is 1.74 bits per heavy atom. The number of piperidine rings is 2. The highest BCUT2D eigenvalue weighted by molar-refractivity contribution is 6.30. The third kappa shape index (κ3) is 4.11. The number of amidine groups is 1. The first-order valence-electron chi connectivity index (χ1n) is 13.0. The van der Waals surface area contributed by atoms with Gasteiger partial charge in [0.15, 0.2) is 0 Å². The zero-order valence-corrected chi connectivity index (χ0v) is 20.9. The van der Waals surface area contributed by atoms with Gasteiger partial charge in [-0.2, -0.15) is 4.99 Å². The first kappa shape index (κ1) is 22.9. The predicted octanol–water partition coefficient (Wildman–Crippen LogP) is 4.93. The molecule has 2 aromatic carbocycles. The summed E-state index contributed by atoms with van der Waals surface area (Å²) in [4.78, 5) is 24.6. The molecule has 0 atom stereocenters. The number of benzene rings is 2. The highest BCUT2D eigenvalue weighted by Crippen LogP contribution is 2.40. The molecule has 0 bridgehead atoms. The Balaban J connectivity index is 1.13. The van der Waals surface area contributed by atoms with E-state index in [1.54, 1.807) is 6.07 Å². The molecule has 4 aliphatic rings. The zero-order chi connectivity index (χ0) is 24.0. The number of likely N-dealkylation sites (tertiary alicyclic amines) is 1. The fourth-order valence-electron chi connectivity index (χ4n) is 6.49. The molecule has 4 heterocycles. The minimum absolute atomic E-state index is 0.104. The van der Waals surface area contributed by atoms with Crippen molar-refractivity contribution in [3.63, 3.8) is 0 Å². The standard InChI is InChI=1S/C28H33ClN4O2/c29-22-8-7-20-5-6-21-18-23(34)9-10-24(21)32(25(20)19-22)14-3-13-31-16-11-28(12-17-31)27(35)30-26-4-1-2-15-33(26)28/h7-10,18-19,34H,1-6,11-17H2. The fraction of sp³-hybridized carbons (Fsp3) is 0.500. The van der Waals surface area contributed by atoms with Crippen molar-refractivity contribution >= 4 is 34.7 Å². The van der Waals surface area contributed by atoms with E-state index in [0.29, 0.717) is 5.75 Å². The number of carbonyl (C=O) groups excluding carboxylic acids is 1. The minimum Gasteiger partial charge on any atom is -0.508 e. The number of amides is 1. The first-order chi connectivity index (χ1) is 17.0. The van der Waals surface area contributed by atoms with Crippen LogP contribution in [0.3, 0.4) is 0 Å². The van der Waals surface area contributed by atoms with Gasteiger partial charge in [-0.15, -0.1) is 0 Å². The molecule has 2 fully saturated rings. The molecule has 7 heteroatoms. The van der Waals surface area contributed by atoms with Crippen molar-refractivity contribution in [3.8, 4) is 5.75 Å². The predicted molar refractivity (Wildman–Crippen MR) is 140 cm³/mol. The van der Waals surface area contributed by atoms with Gasteiger partial charge < -0.3 is 19.8 Å². The Kier molecular flexibility index (Phi) is 5.97. The van der Waals surface area contributed by atoms with E-state index in [1.165, 1.54) is 23.2 Å². The highest BCUT2D eigenvalue weighted by Gasteiger charge is 2.51. The number of aryl methyl sites for hydroxylation is 2. The lowest BCUT2D eigenvalue weighted by atomic mass is 9.84. The smallest absolute Gasteiger partial charge is 0.273 e. The number of anilines is 2. The minimum atomic E-state index is -0.367. The van der Waals surface area contributed by atoms with Gasteiger partial charge in [0, 0.05) is 49.0 Å². The van der Waals surface area contributed by atoms with Crippen LogP contribution in [0.1, 0.15) is 49.7 Å². The van der Waals surface area contributed by atoms with E-state index in [9.17, 15) is 9.90 Å². The normalized spacial score (nSPS) is 21.4. The van der Waals surface area contributed by atoms with Gasteiger partial charge in [-0.25, -0.2) is 0 Å². The number of hydrogen-bond acceptors (Lipinski definition) is 5. The van der Waals surface area contributed by atoms with Crippen molar-refractivity contribution in [2.24, 2.45) is 4.99 Å². The number of aromatic hydroxyl groups is 1. The van der Waals surface area contributed by atoms with Crippen LogP contribution in [0.2, 0.25) is 5.02 Å². The summed E-state index contributed by atoms with van der Waals surface area (Å²) in [6.07, 6.45) is 7.87. The molecule has 0 radical (unpaired) electrons. The molecule has 2 aromatic rings. The first-order valence-corrected chi connectivity index (χ1v) is 13.4. The molecule has 1 N–H and O–H groups in total. The number of aliphatic imine (C=N–C) groups is 1. The average molecular weight is 493 g/mol. The number of rotatable bonds is 4. The molecule has 35 heavy (non-hydrogen) atoms. The van der Waals surface area contributed by atoms with Crippen molar-refractivity contribution in [2.75, 3.05) is 37.6 Å². The second-order valence-corrected chi connectivity index (χ2v) is 10.8. The fourth-order valence-corrected chi connectivity index (χ4v) is 6.66. The summed E-state index contributed by atoms with van der Waals surface area (Å²) in [5.74, 6) is 1.46. The molecular formula is C28H33ClN4O2. The average Bonchev–Trinajstić information content (AvgIpc) is 3.04. The molecule has 4 aliphatic heterocycles. The van der Waals surface area contributed by atoms with Crippen molar-refractivity contribution in [1.29, 1.82) is 0 Å². The van der Waals surface area contributed by atoms with Crippen LogP contribution in [0.25, 0.3) is 0 Å². The van der Waals surface area contributed by atoms with E-state index in [1.807, 2.05) is 18.2 Å². The zero-order valence-electron chi connectivity index (χ0n) is 20.2. The van der Waals surface area contributed by atoms with E-state index in [2.05, 4.69) is 31.8 Å². The third-order valence-corrected chi connectivity index (χ3v) is 8.62. The summed E-state index contributed by atoms with van der Waals surface area (Å²) >= 11 is 6.41. The van der Waals surface area contributed by atoms with E-state index in [0.717, 1.165) is 94.2 Å². The van der Waals surface area contributed by atoms with Crippen molar-refractivity contribution in [1.82, 2.24) is 9.80 Å². The van der Waals surface area contributed by atoms with Gasteiger partial charge in [0.1, 0.15) is 17.1 Å². The van der Waals surface area contributed by atoms with Crippen LogP contribution < -0.4 is 4.90 Å². The molecule has 0 aliphatic carbocycles. The van der Waals surface area contributed by atoms with E-state index >= 15 is 0 Å². The Morgan fingerprint density at radius 3 is 2.60 bits per heavy atom. The lowest BCUT2D eigenvalue weighted by Crippen LogP contribution is -2.58. The summed E-state index contributed by atoms with van der Waals surface area (Å²) in [7, 11) is 0. The lowest BCUT2D eigenvalue weighted by Gasteiger charge is -2.45. The summed E-state index contributed by atoms with van der Waals surface area (Å²) in [6, 6.07) is 11.9. The number of fused-ring (bicyclic) bond motifs is 4. The maximum Gasteiger partial charge on any atom is 0.273 e. The summed E-state index contributed by atoms with van der Waals surface area (Å²) < 4.78 is 0. The number of hydrogen-bond donors (Lipinski definition) is 1. The van der Waals surface area contributed by atoms with Crippen LogP contribution in [-0.4, -0.2) is 64.9 Å². The molecule has 0 unspecified atom stereocenters. The largest absolute Gasteiger partial charge is 0.508 e. The second kappa shape index (κ2) is 9.14. The molecule has 0 aromatic heterocycles. The SMILES string of the molecule is O=C1N=C2CCCCN2C12CCN(CCCN1c3ccc(O)cc3CCc3ccc(Cl)cc31)CC2. The molecule has 1 amide bonds. The van der Waals surface area contributed by atoms with E-state index in [-0.39, 0.29) is 11.4 Å². The Hall–Kier alpha value is -2.57. The number of nitrogens with zero attached hydrogens (tertiary/aromatic N) is 4. The topological polar surface area (TPSA) is 59.4 Å². The highest BCUT2D eigenvalue weighted by atomic mass is 35.5. The molecular weight excluding hydrogens is 460 g/mol. The number of halogens is 1. The molecule has 2 saturated heterocycles. The van der Waals surface area contributed by atoms with Crippen molar-refractivity contribution in [3.05, 3.63) is 52.5 Å². The van der Waals surface area contributed by atoms with Crippen LogP contribution in [-0.2, 0) is 17.6 Å². The van der Waals surface area contributed by atoms with Crippen molar-refractivity contribution in [2.45, 2.75) is 56.9 Å². The molecule has 1 spiro atoms. The van der Waals surface area contributed by atoms with Gasteiger partial charge in [-0.05, 0) is 92.9 Å². The number of phenols is 1. The van der Waals surface area contributed by atoms with Gasteiger partial charge in [0.2, 0.25) is 0 Å². The van der Waals surface area contributed by atoms with E-state index < -0.39 is 0 Å². The Morgan fingerprint density at radius 1 is 0.914 bits per heavy atom. The quantitative estimate of drug-likeness (QED) is 0.655. The molecule has 0 saturated carbocycles. The summed E-state index contributed by atoms with van der Waals surface area (Å²) in [5.41, 5.74) is 4.43. The maximum atomic E-state index is 12.9. The van der Waals surface area contributed by atoms with Crippen LogP contribution in [0.15, 0.2) is 41.4 Å². The Labute approximate surface area is 212 Å². The van der Waals surface area contributed by atoms with Crippen molar-refractivity contribution < 1.29 is 9.90 Å². The number of carbonyl (C=O) groups is 1. The van der Waals surface area contributed by atoms with Crippen LogP contribution in [0, 0.1) is 0 Å². The molecule has 6 rings (SSSR count). The van der Waals surface area contributed by atoms with Gasteiger partial charge in [-0.1, -0.05) is 17.7 Å².